The van der Waals surface area contributed by atoms with Gasteiger partial charge in [0, 0.05) is 41.9 Å². The summed E-state index contributed by atoms with van der Waals surface area (Å²) in [6.07, 6.45) is 3.73. The maximum atomic E-state index is 13.0. The van der Waals surface area contributed by atoms with Gasteiger partial charge in [-0.25, -0.2) is 4.79 Å². The van der Waals surface area contributed by atoms with Gasteiger partial charge in [0.2, 0.25) is 5.78 Å². The normalized spacial score (nSPS) is 14.1. The molecule has 3 aromatic rings. The van der Waals surface area contributed by atoms with E-state index in [0.717, 1.165) is 28.8 Å². The molecule has 7 heteroatoms. The lowest BCUT2D eigenvalue weighted by atomic mass is 10.1. The van der Waals surface area contributed by atoms with Gasteiger partial charge in [-0.15, -0.1) is 0 Å². The predicted octanol–water partition coefficient (Wildman–Crippen LogP) is 4.15. The van der Waals surface area contributed by atoms with Crippen LogP contribution in [0.2, 0.25) is 0 Å². The number of nitrogens with zero attached hydrogens (tertiary/aromatic N) is 1. The maximum Gasteiger partial charge on any atom is 0.337 e. The van der Waals surface area contributed by atoms with E-state index in [0.29, 0.717) is 22.6 Å². The fraction of sp³-hybridized carbons (Fsp3) is 0.250. The lowest BCUT2D eigenvalue weighted by Gasteiger charge is -2.09. The van der Waals surface area contributed by atoms with Gasteiger partial charge in [-0.05, 0) is 50.3 Å². The van der Waals surface area contributed by atoms with Crippen LogP contribution in [0.4, 0.5) is 0 Å². The maximum absolute atomic E-state index is 13.0. The van der Waals surface area contributed by atoms with E-state index in [4.69, 9.17) is 18.9 Å². The quantitative estimate of drug-likeness (QED) is 0.338. The summed E-state index contributed by atoms with van der Waals surface area (Å²) in [4.78, 5) is 24.7. The van der Waals surface area contributed by atoms with Crippen LogP contribution in [0, 0.1) is 6.92 Å². The van der Waals surface area contributed by atoms with Crippen molar-refractivity contribution in [1.29, 1.82) is 0 Å². The average Bonchev–Trinajstić information content (AvgIpc) is 3.28. The molecule has 160 valence electrons. The van der Waals surface area contributed by atoms with E-state index in [2.05, 4.69) is 11.5 Å². The van der Waals surface area contributed by atoms with Crippen LogP contribution in [0.15, 0.2) is 42.3 Å². The summed E-state index contributed by atoms with van der Waals surface area (Å²) in [6, 6.07) is 9.06. The smallest absolute Gasteiger partial charge is 0.337 e. The Labute approximate surface area is 179 Å². The zero-order valence-corrected chi connectivity index (χ0v) is 17.9. The number of ketones is 1. The number of allylic oxidation sites excluding steroid dienone is 1. The highest BCUT2D eigenvalue weighted by Crippen LogP contribution is 2.40. The van der Waals surface area contributed by atoms with Gasteiger partial charge >= 0.3 is 5.97 Å². The molecule has 0 atom stereocenters. The number of hydrogen-bond donors (Lipinski definition) is 0. The molecule has 0 radical (unpaired) electrons. The van der Waals surface area contributed by atoms with Gasteiger partial charge < -0.3 is 23.5 Å². The third-order valence-corrected chi connectivity index (χ3v) is 5.27. The molecule has 1 aliphatic heterocycles. The minimum atomic E-state index is -0.521. The minimum Gasteiger partial charge on any atom is -0.497 e. The van der Waals surface area contributed by atoms with Crippen molar-refractivity contribution < 1.29 is 28.5 Å². The molecule has 1 aromatic heterocycles. The highest BCUT2D eigenvalue weighted by Gasteiger charge is 2.31. The Morgan fingerprint density at radius 1 is 1.19 bits per heavy atom. The lowest BCUT2D eigenvalue weighted by Crippen LogP contribution is -2.14. The van der Waals surface area contributed by atoms with Gasteiger partial charge in [0.05, 0.1) is 12.7 Å². The van der Waals surface area contributed by atoms with Gasteiger partial charge in [-0.1, -0.05) is 0 Å². The SMILES string of the molecule is CCn1cc(/C=C2\Oc3c(ccc(OC(=O)COC)c3C)C2=O)c2cc(OC)ccc21. The van der Waals surface area contributed by atoms with E-state index in [-0.39, 0.29) is 18.1 Å². The van der Waals surface area contributed by atoms with Gasteiger partial charge in [0.1, 0.15) is 23.9 Å². The van der Waals surface area contributed by atoms with Crippen molar-refractivity contribution in [2.75, 3.05) is 20.8 Å². The Kier molecular flexibility index (Phi) is 5.52. The predicted molar refractivity (Wildman–Crippen MR) is 116 cm³/mol. The van der Waals surface area contributed by atoms with Gasteiger partial charge in [0.25, 0.3) is 0 Å². The Balaban J connectivity index is 1.72. The number of ether oxygens (including phenoxy) is 4. The van der Waals surface area contributed by atoms with Gasteiger partial charge in [-0.3, -0.25) is 4.79 Å². The molecule has 0 unspecified atom stereocenters. The number of carbonyl (C=O) groups excluding carboxylic acids is 2. The van der Waals surface area contributed by atoms with Crippen molar-refractivity contribution in [2.45, 2.75) is 20.4 Å². The van der Waals surface area contributed by atoms with Crippen LogP contribution in [0.3, 0.4) is 0 Å². The first-order chi connectivity index (χ1) is 15.0. The molecule has 0 amide bonds. The van der Waals surface area contributed by atoms with E-state index >= 15 is 0 Å². The molecule has 0 spiro atoms. The third kappa shape index (κ3) is 3.68. The molecular formula is C24H23NO6. The first-order valence-corrected chi connectivity index (χ1v) is 9.91. The summed E-state index contributed by atoms with van der Waals surface area (Å²) in [6.45, 7) is 4.44. The average molecular weight is 421 g/mol. The monoisotopic (exact) mass is 421 g/mol. The Morgan fingerprint density at radius 2 is 2.00 bits per heavy atom. The van der Waals surface area contributed by atoms with E-state index < -0.39 is 5.97 Å². The fourth-order valence-corrected chi connectivity index (χ4v) is 3.70. The molecule has 7 nitrogen and oxygen atoms in total. The number of aryl methyl sites for hydroxylation is 1. The molecule has 4 rings (SSSR count). The summed E-state index contributed by atoms with van der Waals surface area (Å²) < 4.78 is 23.5. The lowest BCUT2D eigenvalue weighted by molar-refractivity contribution is -0.138. The van der Waals surface area contributed by atoms with Crippen LogP contribution >= 0.6 is 0 Å². The fourth-order valence-electron chi connectivity index (χ4n) is 3.70. The number of esters is 1. The molecule has 0 N–H and O–H groups in total. The largest absolute Gasteiger partial charge is 0.497 e. The number of rotatable bonds is 6. The second-order valence-electron chi connectivity index (χ2n) is 7.17. The van der Waals surface area contributed by atoms with Crippen molar-refractivity contribution in [1.82, 2.24) is 4.57 Å². The van der Waals surface area contributed by atoms with Crippen LogP contribution in [-0.4, -0.2) is 37.1 Å². The highest BCUT2D eigenvalue weighted by molar-refractivity contribution is 6.15. The Hall–Kier alpha value is -3.58. The molecule has 0 bridgehead atoms. The zero-order chi connectivity index (χ0) is 22.1. The van der Waals surface area contributed by atoms with Crippen molar-refractivity contribution in [2.24, 2.45) is 0 Å². The summed E-state index contributed by atoms with van der Waals surface area (Å²) in [5.74, 6) is 0.954. The summed E-state index contributed by atoms with van der Waals surface area (Å²) in [7, 11) is 3.04. The number of benzene rings is 2. The van der Waals surface area contributed by atoms with E-state index in [9.17, 15) is 9.59 Å². The molecule has 0 aliphatic carbocycles. The van der Waals surface area contributed by atoms with Gasteiger partial charge in [0.15, 0.2) is 5.76 Å². The molecule has 1 aliphatic rings. The molecule has 0 fully saturated rings. The van der Waals surface area contributed by atoms with Crippen LogP contribution in [-0.2, 0) is 16.1 Å². The van der Waals surface area contributed by atoms with E-state index in [1.807, 2.05) is 24.4 Å². The summed E-state index contributed by atoms with van der Waals surface area (Å²) in [5.41, 5.74) is 2.92. The molecule has 2 heterocycles. The molecular weight excluding hydrogens is 398 g/mol. The second-order valence-corrected chi connectivity index (χ2v) is 7.17. The number of methoxy groups -OCH3 is 2. The number of hydrogen-bond acceptors (Lipinski definition) is 6. The second kappa shape index (κ2) is 8.28. The van der Waals surface area contributed by atoms with Crippen LogP contribution in [0.5, 0.6) is 17.2 Å². The summed E-state index contributed by atoms with van der Waals surface area (Å²) >= 11 is 0. The molecule has 31 heavy (non-hydrogen) atoms. The molecule has 0 saturated carbocycles. The van der Waals surface area contributed by atoms with Crippen molar-refractivity contribution in [3.8, 4) is 17.2 Å². The third-order valence-electron chi connectivity index (χ3n) is 5.27. The first kappa shape index (κ1) is 20.7. The highest BCUT2D eigenvalue weighted by atomic mass is 16.6. The van der Waals surface area contributed by atoms with Crippen molar-refractivity contribution in [3.63, 3.8) is 0 Å². The number of Topliss-reactive ketones (excluding diaryl/α,β-unsaturated/α-hetero) is 1. The van der Waals surface area contributed by atoms with Crippen LogP contribution in [0.1, 0.15) is 28.4 Å². The topological polar surface area (TPSA) is 76.0 Å². The number of carbonyl (C=O) groups is 2. The van der Waals surface area contributed by atoms with Crippen LogP contribution in [0.25, 0.3) is 17.0 Å². The van der Waals surface area contributed by atoms with Crippen molar-refractivity contribution >= 4 is 28.7 Å². The Morgan fingerprint density at radius 3 is 2.71 bits per heavy atom. The van der Waals surface area contributed by atoms with E-state index in [1.54, 1.807) is 32.2 Å². The molecule has 2 aromatic carbocycles. The van der Waals surface area contributed by atoms with Gasteiger partial charge in [-0.2, -0.15) is 0 Å². The number of fused-ring (bicyclic) bond motifs is 2. The number of aromatic nitrogens is 1. The van der Waals surface area contributed by atoms with E-state index in [1.165, 1.54) is 7.11 Å². The van der Waals surface area contributed by atoms with Crippen LogP contribution < -0.4 is 14.2 Å². The minimum absolute atomic E-state index is 0.160. The molecule has 0 saturated heterocycles. The van der Waals surface area contributed by atoms with Crippen molar-refractivity contribution in [3.05, 3.63) is 59.0 Å². The first-order valence-electron chi connectivity index (χ1n) is 9.91. The summed E-state index contributed by atoms with van der Waals surface area (Å²) in [5, 5.41) is 0.965. The zero-order valence-electron chi connectivity index (χ0n) is 17.9. The standard InChI is InChI=1S/C24H23NO6/c1-5-25-12-15(18-11-16(29-4)6-8-19(18)25)10-21-23(27)17-7-9-20(14(2)24(17)31-21)30-22(26)13-28-3/h6-12H,5,13H2,1-4H3/b21-10-. The Bertz CT molecular complexity index is 1220.